The topological polar surface area (TPSA) is 116 Å². The first-order valence-electron chi connectivity index (χ1n) is 9.82. The molecule has 9 nitrogen and oxygen atoms in total. The molecule has 2 aromatic rings. The number of urea groups is 1. The van der Waals surface area contributed by atoms with Crippen LogP contribution in [0.15, 0.2) is 59.9 Å². The van der Waals surface area contributed by atoms with Crippen molar-refractivity contribution < 1.29 is 28.6 Å². The Morgan fingerprint density at radius 3 is 2.48 bits per heavy atom. The zero-order valence-corrected chi connectivity index (χ0v) is 17.2. The summed E-state index contributed by atoms with van der Waals surface area (Å²) in [5.41, 5.74) is 1.14. The molecule has 0 bridgehead atoms. The summed E-state index contributed by atoms with van der Waals surface area (Å²) in [6, 6.07) is 10.8. The quantitative estimate of drug-likeness (QED) is 0.624. The van der Waals surface area contributed by atoms with Crippen LogP contribution < -0.4 is 15.4 Å². The Balaban J connectivity index is 1.90. The van der Waals surface area contributed by atoms with Gasteiger partial charge in [-0.3, -0.25) is 0 Å². The third kappa shape index (κ3) is 5.19. The molecule has 1 unspecified atom stereocenters. The number of esters is 2. The molecule has 2 heterocycles. The number of benzene rings is 1. The van der Waals surface area contributed by atoms with Gasteiger partial charge in [0.05, 0.1) is 30.5 Å². The molecule has 2 amide bonds. The van der Waals surface area contributed by atoms with Crippen molar-refractivity contribution in [1.29, 1.82) is 0 Å². The minimum absolute atomic E-state index is 0.141. The Bertz CT molecular complexity index is 990. The molecule has 1 aromatic carbocycles. The smallest absolute Gasteiger partial charge is 0.344 e. The van der Waals surface area contributed by atoms with E-state index in [1.54, 1.807) is 44.2 Å². The first-order valence-corrected chi connectivity index (χ1v) is 9.82. The number of ether oxygens (including phenoxy) is 3. The van der Waals surface area contributed by atoms with E-state index in [2.05, 4.69) is 15.6 Å². The van der Waals surface area contributed by atoms with Crippen LogP contribution in [0, 0.1) is 0 Å². The van der Waals surface area contributed by atoms with Crippen LogP contribution in [0.2, 0.25) is 0 Å². The number of pyridine rings is 1. The summed E-state index contributed by atoms with van der Waals surface area (Å²) in [4.78, 5) is 41.6. The molecule has 0 saturated carbocycles. The summed E-state index contributed by atoms with van der Waals surface area (Å²) in [7, 11) is 0. The highest BCUT2D eigenvalue weighted by Crippen LogP contribution is 2.28. The van der Waals surface area contributed by atoms with Crippen molar-refractivity contribution in [1.82, 2.24) is 15.6 Å². The maximum absolute atomic E-state index is 12.7. The molecule has 0 radical (unpaired) electrons. The van der Waals surface area contributed by atoms with E-state index in [4.69, 9.17) is 14.2 Å². The lowest BCUT2D eigenvalue weighted by molar-refractivity contribution is -0.139. The van der Waals surface area contributed by atoms with Gasteiger partial charge in [-0.1, -0.05) is 30.3 Å². The monoisotopic (exact) mass is 425 g/mol. The van der Waals surface area contributed by atoms with Crippen molar-refractivity contribution in [3.05, 3.63) is 71.1 Å². The van der Waals surface area contributed by atoms with E-state index in [9.17, 15) is 14.4 Å². The fourth-order valence-electron chi connectivity index (χ4n) is 3.09. The van der Waals surface area contributed by atoms with Gasteiger partial charge >= 0.3 is 18.0 Å². The van der Waals surface area contributed by atoms with Crippen LogP contribution in [0.4, 0.5) is 4.79 Å². The van der Waals surface area contributed by atoms with Gasteiger partial charge < -0.3 is 24.8 Å². The molecule has 1 aliphatic heterocycles. The maximum Gasteiger partial charge on any atom is 0.344 e. The summed E-state index contributed by atoms with van der Waals surface area (Å²) in [5.74, 6) is -1.17. The van der Waals surface area contributed by atoms with Crippen LogP contribution in [-0.4, -0.2) is 42.8 Å². The largest absolute Gasteiger partial charge is 0.477 e. The Morgan fingerprint density at radius 2 is 1.77 bits per heavy atom. The summed E-state index contributed by atoms with van der Waals surface area (Å²) in [5, 5.41) is 5.27. The average Bonchev–Trinajstić information content (AvgIpc) is 2.78. The Hall–Kier alpha value is -3.88. The first kappa shape index (κ1) is 21.8. The van der Waals surface area contributed by atoms with Crippen LogP contribution in [0.5, 0.6) is 5.88 Å². The van der Waals surface area contributed by atoms with E-state index in [1.165, 1.54) is 12.3 Å². The van der Waals surface area contributed by atoms with Crippen LogP contribution in [0.25, 0.3) is 0 Å². The summed E-state index contributed by atoms with van der Waals surface area (Å²) in [6.07, 6.45) is 1.50. The van der Waals surface area contributed by atoms with Crippen LogP contribution >= 0.6 is 0 Å². The maximum atomic E-state index is 12.7. The molecule has 2 N–H and O–H groups in total. The molecule has 0 saturated heterocycles. The molecule has 9 heteroatoms. The Morgan fingerprint density at radius 1 is 1.00 bits per heavy atom. The average molecular weight is 425 g/mol. The van der Waals surface area contributed by atoms with E-state index >= 15 is 0 Å². The predicted octanol–water partition coefficient (Wildman–Crippen LogP) is 2.51. The fourth-order valence-corrected chi connectivity index (χ4v) is 3.09. The van der Waals surface area contributed by atoms with Crippen molar-refractivity contribution in [2.75, 3.05) is 19.8 Å². The highest BCUT2D eigenvalue weighted by atomic mass is 16.5. The summed E-state index contributed by atoms with van der Waals surface area (Å²) >= 11 is 0. The Kier molecular flexibility index (Phi) is 7.21. The van der Waals surface area contributed by atoms with Gasteiger partial charge in [-0.15, -0.1) is 0 Å². The fraction of sp³-hybridized carbons (Fsp3) is 0.273. The Labute approximate surface area is 179 Å². The normalized spacial score (nSPS) is 15.5. The molecular formula is C22H23N3O6. The van der Waals surface area contributed by atoms with Crippen LogP contribution in [-0.2, 0) is 14.3 Å². The number of aromatic nitrogens is 1. The lowest BCUT2D eigenvalue weighted by Gasteiger charge is -2.29. The molecule has 1 aliphatic rings. The molecule has 3 rings (SSSR count). The van der Waals surface area contributed by atoms with Crippen molar-refractivity contribution >= 4 is 18.0 Å². The SMILES string of the molecule is CCOC(=O)C1=C(COC(=O)c2cccnc2OCC)NC(=O)NC1c1ccccc1. The van der Waals surface area contributed by atoms with Gasteiger partial charge in [-0.05, 0) is 31.5 Å². The minimum atomic E-state index is -0.750. The van der Waals surface area contributed by atoms with Gasteiger partial charge in [0.2, 0.25) is 5.88 Å². The zero-order valence-electron chi connectivity index (χ0n) is 17.2. The molecule has 0 fully saturated rings. The number of hydrogen-bond acceptors (Lipinski definition) is 7. The molecule has 1 aromatic heterocycles. The molecular weight excluding hydrogens is 402 g/mol. The number of nitrogens with one attached hydrogen (secondary N) is 2. The van der Waals surface area contributed by atoms with Gasteiger partial charge in [0.15, 0.2) is 0 Å². The van der Waals surface area contributed by atoms with Crippen molar-refractivity contribution in [3.8, 4) is 5.88 Å². The van der Waals surface area contributed by atoms with E-state index < -0.39 is 24.0 Å². The molecule has 162 valence electrons. The lowest BCUT2D eigenvalue weighted by atomic mass is 9.95. The first-order chi connectivity index (χ1) is 15.0. The van der Waals surface area contributed by atoms with Crippen LogP contribution in [0.3, 0.4) is 0 Å². The number of amides is 2. The molecule has 0 aliphatic carbocycles. The van der Waals surface area contributed by atoms with Gasteiger partial charge in [0.25, 0.3) is 0 Å². The molecule has 1 atom stereocenters. The third-order valence-corrected chi connectivity index (χ3v) is 4.40. The lowest BCUT2D eigenvalue weighted by Crippen LogP contribution is -2.47. The van der Waals surface area contributed by atoms with Gasteiger partial charge in [-0.2, -0.15) is 0 Å². The number of hydrogen-bond donors (Lipinski definition) is 2. The number of carbonyl (C=O) groups excluding carboxylic acids is 3. The van der Waals surface area contributed by atoms with E-state index in [1.807, 2.05) is 6.07 Å². The molecule has 0 spiro atoms. The number of nitrogens with zero attached hydrogens (tertiary/aromatic N) is 1. The van der Waals surface area contributed by atoms with Crippen LogP contribution in [0.1, 0.15) is 35.8 Å². The zero-order chi connectivity index (χ0) is 22.2. The summed E-state index contributed by atoms with van der Waals surface area (Å²) in [6.45, 7) is 3.59. The molecule has 31 heavy (non-hydrogen) atoms. The van der Waals surface area contributed by atoms with Crippen molar-refractivity contribution in [2.45, 2.75) is 19.9 Å². The van der Waals surface area contributed by atoms with Gasteiger partial charge in [0, 0.05) is 6.20 Å². The van der Waals surface area contributed by atoms with Crippen molar-refractivity contribution in [3.63, 3.8) is 0 Å². The highest BCUT2D eigenvalue weighted by Gasteiger charge is 2.34. The van der Waals surface area contributed by atoms with E-state index in [-0.39, 0.29) is 35.9 Å². The third-order valence-electron chi connectivity index (χ3n) is 4.40. The second-order valence-electron chi connectivity index (χ2n) is 6.42. The predicted molar refractivity (Wildman–Crippen MR) is 110 cm³/mol. The highest BCUT2D eigenvalue weighted by molar-refractivity contribution is 5.96. The van der Waals surface area contributed by atoms with E-state index in [0.717, 1.165) is 0 Å². The van der Waals surface area contributed by atoms with Crippen molar-refractivity contribution in [2.24, 2.45) is 0 Å². The van der Waals surface area contributed by atoms with Gasteiger partial charge in [-0.25, -0.2) is 19.4 Å². The summed E-state index contributed by atoms with van der Waals surface area (Å²) < 4.78 is 15.9. The van der Waals surface area contributed by atoms with Gasteiger partial charge in [0.1, 0.15) is 12.2 Å². The minimum Gasteiger partial charge on any atom is -0.477 e. The number of carbonyl (C=O) groups is 3. The second kappa shape index (κ2) is 10.2. The van der Waals surface area contributed by atoms with E-state index in [0.29, 0.717) is 12.2 Å². The second-order valence-corrected chi connectivity index (χ2v) is 6.42. The number of rotatable bonds is 8. The standard InChI is InChI=1S/C22H23N3O6/c1-3-29-19-15(11-8-12-23-19)20(26)31-13-16-17(21(27)30-4-2)18(25-22(28)24-16)14-9-6-5-7-10-14/h5-12,18H,3-4,13H2,1-2H3,(H2,24,25,28).